The number of carbonyl (C=O) groups is 1. The molecule has 0 bridgehead atoms. The van der Waals surface area contributed by atoms with E-state index in [1.165, 1.54) is 18.5 Å². The van der Waals surface area contributed by atoms with Crippen molar-refractivity contribution in [3.05, 3.63) is 76.4 Å². The second kappa shape index (κ2) is 8.99. The van der Waals surface area contributed by atoms with Gasteiger partial charge >= 0.3 is 0 Å². The van der Waals surface area contributed by atoms with Crippen LogP contribution in [-0.2, 0) is 11.3 Å². The highest BCUT2D eigenvalue weighted by Crippen LogP contribution is 2.28. The lowest BCUT2D eigenvalue weighted by Crippen LogP contribution is -2.36. The van der Waals surface area contributed by atoms with Crippen molar-refractivity contribution in [2.24, 2.45) is 0 Å². The molecule has 0 radical (unpaired) electrons. The van der Waals surface area contributed by atoms with Gasteiger partial charge in [-0.05, 0) is 55.5 Å². The van der Waals surface area contributed by atoms with E-state index in [1.807, 2.05) is 0 Å². The number of carbonyl (C=O) groups excluding carboxylic acids is 1. The smallest absolute Gasteiger partial charge is 0.261 e. The molecule has 1 atom stereocenters. The molecular weight excluding hydrogens is 404 g/mol. The molecule has 8 heteroatoms. The summed E-state index contributed by atoms with van der Waals surface area (Å²) in [5, 5.41) is 3.56. The van der Waals surface area contributed by atoms with Gasteiger partial charge in [-0.2, -0.15) is 0 Å². The van der Waals surface area contributed by atoms with E-state index >= 15 is 0 Å². The third-order valence-corrected chi connectivity index (χ3v) is 4.40. The molecule has 0 aliphatic heterocycles. The summed E-state index contributed by atoms with van der Waals surface area (Å²) in [7, 11) is 0. The Kier molecular flexibility index (Phi) is 6.44. The van der Waals surface area contributed by atoms with E-state index in [0.717, 1.165) is 5.56 Å². The number of aromatic nitrogens is 2. The van der Waals surface area contributed by atoms with Crippen LogP contribution in [0.25, 0.3) is 11.3 Å². The van der Waals surface area contributed by atoms with Gasteiger partial charge in [0, 0.05) is 10.6 Å². The van der Waals surface area contributed by atoms with E-state index in [0.29, 0.717) is 27.2 Å². The van der Waals surface area contributed by atoms with Crippen molar-refractivity contribution in [3.8, 4) is 17.0 Å². The minimum absolute atomic E-state index is 0.192. The van der Waals surface area contributed by atoms with Crippen LogP contribution in [0.4, 0.5) is 4.39 Å². The summed E-state index contributed by atoms with van der Waals surface area (Å²) >= 11 is 11.9. The number of benzene rings is 2. The first-order valence-electron chi connectivity index (χ1n) is 8.38. The number of hydrogen-bond acceptors (Lipinski definition) is 4. The molecule has 1 unspecified atom stereocenters. The largest absolute Gasteiger partial charge is 0.479 e. The van der Waals surface area contributed by atoms with Crippen molar-refractivity contribution in [3.63, 3.8) is 0 Å². The molecule has 1 amide bonds. The first kappa shape index (κ1) is 20.0. The Morgan fingerprint density at radius 2 is 1.89 bits per heavy atom. The van der Waals surface area contributed by atoms with E-state index in [9.17, 15) is 9.18 Å². The van der Waals surface area contributed by atoms with Crippen LogP contribution < -0.4 is 10.1 Å². The Labute approximate surface area is 171 Å². The highest BCUT2D eigenvalue weighted by Gasteiger charge is 2.16. The number of rotatable bonds is 6. The van der Waals surface area contributed by atoms with E-state index in [1.54, 1.807) is 43.3 Å². The van der Waals surface area contributed by atoms with Gasteiger partial charge in [0.15, 0.2) is 6.10 Å². The Morgan fingerprint density at radius 1 is 1.14 bits per heavy atom. The molecule has 28 heavy (non-hydrogen) atoms. The molecule has 144 valence electrons. The predicted octanol–water partition coefficient (Wildman–Crippen LogP) is 4.67. The molecule has 0 aliphatic carbocycles. The van der Waals surface area contributed by atoms with Gasteiger partial charge in [0.1, 0.15) is 17.9 Å². The molecule has 0 saturated heterocycles. The number of amides is 1. The highest BCUT2D eigenvalue weighted by atomic mass is 35.5. The van der Waals surface area contributed by atoms with Crippen LogP contribution in [0.5, 0.6) is 5.75 Å². The van der Waals surface area contributed by atoms with Crippen LogP contribution in [-0.4, -0.2) is 22.0 Å². The SMILES string of the molecule is CC(Oc1ccc(Cl)cc1Cl)C(=O)NCc1cc(-c2ccc(F)cc2)ncn1. The highest BCUT2D eigenvalue weighted by molar-refractivity contribution is 6.35. The lowest BCUT2D eigenvalue weighted by Gasteiger charge is -2.15. The molecule has 1 aromatic heterocycles. The summed E-state index contributed by atoms with van der Waals surface area (Å²) in [4.78, 5) is 20.6. The van der Waals surface area contributed by atoms with E-state index in [-0.39, 0.29) is 18.3 Å². The van der Waals surface area contributed by atoms with E-state index < -0.39 is 6.10 Å². The zero-order valence-electron chi connectivity index (χ0n) is 14.8. The average Bonchev–Trinajstić information content (AvgIpc) is 2.69. The van der Waals surface area contributed by atoms with Crippen LogP contribution in [0, 0.1) is 5.82 Å². The first-order valence-corrected chi connectivity index (χ1v) is 9.14. The minimum atomic E-state index is -0.767. The van der Waals surface area contributed by atoms with Crippen LogP contribution in [0.15, 0.2) is 54.9 Å². The molecule has 3 rings (SSSR count). The number of nitrogens with zero attached hydrogens (tertiary/aromatic N) is 2. The van der Waals surface area contributed by atoms with Crippen molar-refractivity contribution in [2.45, 2.75) is 19.6 Å². The van der Waals surface area contributed by atoms with Gasteiger partial charge < -0.3 is 10.1 Å². The van der Waals surface area contributed by atoms with Gasteiger partial charge in [0.25, 0.3) is 5.91 Å². The third-order valence-electron chi connectivity index (χ3n) is 3.87. The maximum atomic E-state index is 13.1. The predicted molar refractivity (Wildman–Crippen MR) is 106 cm³/mol. The van der Waals surface area contributed by atoms with Crippen LogP contribution in [0.1, 0.15) is 12.6 Å². The molecule has 2 aromatic carbocycles. The maximum absolute atomic E-state index is 13.1. The minimum Gasteiger partial charge on any atom is -0.479 e. The molecule has 5 nitrogen and oxygen atoms in total. The van der Waals surface area contributed by atoms with Crippen molar-refractivity contribution in [2.75, 3.05) is 0 Å². The number of ether oxygens (including phenoxy) is 1. The topological polar surface area (TPSA) is 64.1 Å². The van der Waals surface area contributed by atoms with Crippen LogP contribution in [0.3, 0.4) is 0 Å². The van der Waals surface area contributed by atoms with Gasteiger partial charge in [-0.15, -0.1) is 0 Å². The molecule has 3 aromatic rings. The average molecular weight is 420 g/mol. The maximum Gasteiger partial charge on any atom is 0.261 e. The zero-order valence-corrected chi connectivity index (χ0v) is 16.3. The van der Waals surface area contributed by atoms with Crippen LogP contribution in [0.2, 0.25) is 10.0 Å². The zero-order chi connectivity index (χ0) is 20.1. The normalized spacial score (nSPS) is 11.7. The summed E-state index contributed by atoms with van der Waals surface area (Å²) < 4.78 is 18.6. The second-order valence-electron chi connectivity index (χ2n) is 5.95. The molecule has 0 saturated carbocycles. The number of nitrogens with one attached hydrogen (secondary N) is 1. The summed E-state index contributed by atoms with van der Waals surface area (Å²) in [6, 6.07) is 12.5. The van der Waals surface area contributed by atoms with Crippen molar-refractivity contribution in [1.82, 2.24) is 15.3 Å². The molecule has 0 fully saturated rings. The van der Waals surface area contributed by atoms with E-state index in [4.69, 9.17) is 27.9 Å². The fourth-order valence-electron chi connectivity index (χ4n) is 2.41. The van der Waals surface area contributed by atoms with Gasteiger partial charge in [-0.3, -0.25) is 4.79 Å². The number of hydrogen-bond donors (Lipinski definition) is 1. The molecule has 1 N–H and O–H groups in total. The second-order valence-corrected chi connectivity index (χ2v) is 6.80. The van der Waals surface area contributed by atoms with Crippen molar-refractivity contribution in [1.29, 1.82) is 0 Å². The van der Waals surface area contributed by atoms with E-state index in [2.05, 4.69) is 15.3 Å². The van der Waals surface area contributed by atoms with Crippen molar-refractivity contribution < 1.29 is 13.9 Å². The Morgan fingerprint density at radius 3 is 2.61 bits per heavy atom. The Hall–Kier alpha value is -2.70. The fourth-order valence-corrected chi connectivity index (χ4v) is 2.86. The molecule has 0 spiro atoms. The molecule has 0 aliphatic rings. The summed E-state index contributed by atoms with van der Waals surface area (Å²) in [5.41, 5.74) is 2.00. The first-order chi connectivity index (χ1) is 13.4. The monoisotopic (exact) mass is 419 g/mol. The van der Waals surface area contributed by atoms with Gasteiger partial charge in [-0.1, -0.05) is 23.2 Å². The Bertz CT molecular complexity index is 983. The summed E-state index contributed by atoms with van der Waals surface area (Å²) in [5.74, 6) is -0.276. The summed E-state index contributed by atoms with van der Waals surface area (Å²) in [6.45, 7) is 1.81. The van der Waals surface area contributed by atoms with Crippen molar-refractivity contribution >= 4 is 29.1 Å². The van der Waals surface area contributed by atoms with Crippen LogP contribution >= 0.6 is 23.2 Å². The van der Waals surface area contributed by atoms with Gasteiger partial charge in [0.05, 0.1) is 23.0 Å². The lowest BCUT2D eigenvalue weighted by molar-refractivity contribution is -0.127. The quantitative estimate of drug-likeness (QED) is 0.630. The number of halogens is 3. The molecule has 1 heterocycles. The lowest BCUT2D eigenvalue weighted by atomic mass is 10.1. The standard InChI is InChI=1S/C20H16Cl2FN3O2/c1-12(28-19-7-4-14(21)8-17(19)22)20(27)24-10-16-9-18(26-11-25-16)13-2-5-15(23)6-3-13/h2-9,11-12H,10H2,1H3,(H,24,27). The van der Waals surface area contributed by atoms with Gasteiger partial charge in [0.2, 0.25) is 0 Å². The Balaban J connectivity index is 1.61. The van der Waals surface area contributed by atoms with Gasteiger partial charge in [-0.25, -0.2) is 14.4 Å². The summed E-state index contributed by atoms with van der Waals surface area (Å²) in [6.07, 6.45) is 0.630. The fraction of sp³-hybridized carbons (Fsp3) is 0.150. The molecular formula is C20H16Cl2FN3O2. The third kappa shape index (κ3) is 5.18.